The van der Waals surface area contributed by atoms with E-state index in [1.807, 2.05) is 0 Å². The molecule has 0 amide bonds. The average Bonchev–Trinajstić information content (AvgIpc) is 3.30. The Balaban J connectivity index is 1.24. The van der Waals surface area contributed by atoms with Crippen molar-refractivity contribution in [2.75, 3.05) is 6.61 Å². The summed E-state index contributed by atoms with van der Waals surface area (Å²) in [6.45, 7) is 14.5. The Morgan fingerprint density at radius 3 is 2.39 bits per heavy atom. The van der Waals surface area contributed by atoms with Gasteiger partial charge in [-0.1, -0.05) is 66.0 Å². The Bertz CT molecular complexity index is 918. The Hall–Kier alpha value is -0.500. The second-order valence-electron chi connectivity index (χ2n) is 15.7. The SMILES string of the molecule is CC[C@H](CC[C@@H](C)[C@H]1CC[C@@H]2[C@H]3CC=C4C[C@@H](O[C@H]5O[C@@H](CO)[C@H](O)[C@@H](O)[C@@H]5O)CC[C@]4(C)[C@@H]3CC[C@@]21C)C(C)C. The fourth-order valence-corrected chi connectivity index (χ4v) is 10.8. The van der Waals surface area contributed by atoms with Gasteiger partial charge in [0, 0.05) is 0 Å². The first-order chi connectivity index (χ1) is 19.4. The first-order valence-electron chi connectivity index (χ1n) is 17.1. The van der Waals surface area contributed by atoms with Crippen molar-refractivity contribution in [2.24, 2.45) is 52.3 Å². The van der Waals surface area contributed by atoms with E-state index in [4.69, 9.17) is 9.47 Å². The van der Waals surface area contributed by atoms with Crippen molar-refractivity contribution >= 4 is 0 Å². The van der Waals surface area contributed by atoms with E-state index in [1.165, 1.54) is 56.9 Å². The van der Waals surface area contributed by atoms with Gasteiger partial charge in [0.25, 0.3) is 0 Å². The summed E-state index contributed by atoms with van der Waals surface area (Å²) in [7, 11) is 0. The van der Waals surface area contributed by atoms with Crippen LogP contribution in [0, 0.1) is 52.3 Å². The summed E-state index contributed by atoms with van der Waals surface area (Å²) in [5, 5.41) is 40.4. The van der Waals surface area contributed by atoms with E-state index in [-0.39, 0.29) is 11.5 Å². The molecule has 5 rings (SSSR count). The number of rotatable bonds is 9. The van der Waals surface area contributed by atoms with E-state index in [0.717, 1.165) is 60.7 Å². The lowest BCUT2D eigenvalue weighted by molar-refractivity contribution is -0.313. The van der Waals surface area contributed by atoms with Gasteiger partial charge in [0.05, 0.1) is 12.7 Å². The van der Waals surface area contributed by atoms with Crippen molar-refractivity contribution in [3.63, 3.8) is 0 Å². The van der Waals surface area contributed by atoms with E-state index in [0.29, 0.717) is 5.41 Å². The van der Waals surface area contributed by atoms with Crippen LogP contribution in [0.15, 0.2) is 11.6 Å². The number of ether oxygens (including phenoxy) is 2. The minimum atomic E-state index is -1.40. The van der Waals surface area contributed by atoms with Gasteiger partial charge in [-0.3, -0.25) is 0 Å². The third kappa shape index (κ3) is 5.73. The van der Waals surface area contributed by atoms with Gasteiger partial charge in [-0.25, -0.2) is 0 Å². The van der Waals surface area contributed by atoms with E-state index in [1.54, 1.807) is 0 Å². The summed E-state index contributed by atoms with van der Waals surface area (Å²) in [5.74, 6) is 5.66. The van der Waals surface area contributed by atoms with Crippen LogP contribution in [0.3, 0.4) is 0 Å². The predicted octanol–water partition coefficient (Wildman–Crippen LogP) is 5.85. The second-order valence-corrected chi connectivity index (χ2v) is 15.7. The fraction of sp³-hybridized carbons (Fsp3) is 0.943. The quantitative estimate of drug-likeness (QED) is 0.257. The number of aliphatic hydroxyl groups is 4. The van der Waals surface area contributed by atoms with Crippen LogP contribution in [0.4, 0.5) is 0 Å². The van der Waals surface area contributed by atoms with Crippen molar-refractivity contribution in [1.29, 1.82) is 0 Å². The van der Waals surface area contributed by atoms with Crippen LogP contribution in [0.25, 0.3) is 0 Å². The van der Waals surface area contributed by atoms with Crippen LogP contribution in [0.5, 0.6) is 0 Å². The van der Waals surface area contributed by atoms with Gasteiger partial charge in [0.1, 0.15) is 24.4 Å². The lowest BCUT2D eigenvalue weighted by Crippen LogP contribution is -2.60. The summed E-state index contributed by atoms with van der Waals surface area (Å²) in [4.78, 5) is 0. The lowest BCUT2D eigenvalue weighted by atomic mass is 9.47. The van der Waals surface area contributed by atoms with Crippen molar-refractivity contribution < 1.29 is 29.9 Å². The molecule has 236 valence electrons. The van der Waals surface area contributed by atoms with Crippen LogP contribution in [0.2, 0.25) is 0 Å². The topological polar surface area (TPSA) is 99.4 Å². The molecule has 1 aliphatic heterocycles. The van der Waals surface area contributed by atoms with E-state index >= 15 is 0 Å². The van der Waals surface area contributed by atoms with Crippen molar-refractivity contribution in [1.82, 2.24) is 0 Å². The van der Waals surface area contributed by atoms with Gasteiger partial charge >= 0.3 is 0 Å². The highest BCUT2D eigenvalue weighted by atomic mass is 16.7. The molecule has 3 saturated carbocycles. The molecule has 1 heterocycles. The molecule has 5 aliphatic rings. The van der Waals surface area contributed by atoms with E-state index < -0.39 is 37.3 Å². The molecule has 0 spiro atoms. The third-order valence-corrected chi connectivity index (χ3v) is 13.5. The molecule has 0 bridgehead atoms. The zero-order valence-electron chi connectivity index (χ0n) is 26.7. The van der Waals surface area contributed by atoms with Crippen LogP contribution < -0.4 is 0 Å². The van der Waals surface area contributed by atoms with Gasteiger partial charge in [-0.15, -0.1) is 0 Å². The minimum absolute atomic E-state index is 0.101. The maximum atomic E-state index is 10.5. The molecule has 0 aromatic carbocycles. The Labute approximate surface area is 249 Å². The average molecular weight is 577 g/mol. The van der Waals surface area contributed by atoms with Crippen LogP contribution in [-0.4, -0.2) is 63.8 Å². The highest BCUT2D eigenvalue weighted by Gasteiger charge is 2.59. The van der Waals surface area contributed by atoms with Gasteiger partial charge < -0.3 is 29.9 Å². The standard InChI is InChI=1S/C35H60O6/c1-7-22(20(2)3)9-8-21(4)26-12-13-27-25-11-10-23-18-24(14-16-34(23,5)28(25)15-17-35(26,27)6)40-33-32(39)31(38)30(37)29(19-36)41-33/h10,20-22,24-33,36-39H,7-9,11-19H2,1-6H3/t21-,22-,24+,25-,26-,27-,28-,29+,30+,31-,32+,33+,34+,35-/m1/s1. The molecule has 4 fully saturated rings. The zero-order valence-corrected chi connectivity index (χ0v) is 26.7. The number of hydrogen-bond acceptors (Lipinski definition) is 6. The molecule has 41 heavy (non-hydrogen) atoms. The molecule has 6 heteroatoms. The van der Waals surface area contributed by atoms with Gasteiger partial charge in [-0.05, 0) is 110 Å². The monoisotopic (exact) mass is 576 g/mol. The zero-order chi connectivity index (χ0) is 29.7. The number of fused-ring (bicyclic) bond motifs is 5. The summed E-state index contributed by atoms with van der Waals surface area (Å²) in [6.07, 6.45) is 9.92. The molecule has 0 aromatic rings. The Kier molecular flexibility index (Phi) is 9.71. The molecular weight excluding hydrogens is 516 g/mol. The number of aliphatic hydroxyl groups excluding tert-OH is 4. The highest BCUT2D eigenvalue weighted by Crippen LogP contribution is 2.67. The highest BCUT2D eigenvalue weighted by molar-refractivity contribution is 5.25. The van der Waals surface area contributed by atoms with Crippen LogP contribution >= 0.6 is 0 Å². The number of hydrogen-bond donors (Lipinski definition) is 4. The van der Waals surface area contributed by atoms with Gasteiger partial charge in [0.2, 0.25) is 0 Å². The third-order valence-electron chi connectivity index (χ3n) is 13.5. The van der Waals surface area contributed by atoms with Crippen molar-refractivity contribution in [3.8, 4) is 0 Å². The minimum Gasteiger partial charge on any atom is -0.394 e. The normalized spacial score (nSPS) is 47.7. The molecule has 0 aromatic heterocycles. The molecule has 14 atom stereocenters. The molecule has 4 N–H and O–H groups in total. The molecular formula is C35H60O6. The molecule has 0 radical (unpaired) electrons. The fourth-order valence-electron chi connectivity index (χ4n) is 10.8. The lowest BCUT2D eigenvalue weighted by Gasteiger charge is -2.58. The first kappa shape index (κ1) is 31.9. The summed E-state index contributed by atoms with van der Waals surface area (Å²) >= 11 is 0. The maximum absolute atomic E-state index is 10.5. The van der Waals surface area contributed by atoms with Gasteiger partial charge in [0.15, 0.2) is 6.29 Å². The summed E-state index contributed by atoms with van der Waals surface area (Å²) in [6, 6.07) is 0. The van der Waals surface area contributed by atoms with Crippen molar-refractivity contribution in [3.05, 3.63) is 11.6 Å². The van der Waals surface area contributed by atoms with Crippen molar-refractivity contribution in [2.45, 2.75) is 149 Å². The Morgan fingerprint density at radius 1 is 0.951 bits per heavy atom. The molecule has 4 aliphatic carbocycles. The molecule has 0 unspecified atom stereocenters. The molecule has 1 saturated heterocycles. The maximum Gasteiger partial charge on any atom is 0.186 e. The summed E-state index contributed by atoms with van der Waals surface area (Å²) < 4.78 is 11.9. The van der Waals surface area contributed by atoms with Crippen LogP contribution in [-0.2, 0) is 9.47 Å². The van der Waals surface area contributed by atoms with E-state index in [2.05, 4.69) is 47.6 Å². The largest absolute Gasteiger partial charge is 0.394 e. The van der Waals surface area contributed by atoms with E-state index in [9.17, 15) is 20.4 Å². The smallest absolute Gasteiger partial charge is 0.186 e. The predicted molar refractivity (Wildman–Crippen MR) is 161 cm³/mol. The number of allylic oxidation sites excluding steroid dienone is 1. The first-order valence-corrected chi connectivity index (χ1v) is 17.1. The second kappa shape index (κ2) is 12.5. The molecule has 6 nitrogen and oxygen atoms in total. The van der Waals surface area contributed by atoms with Crippen LogP contribution in [0.1, 0.15) is 112 Å². The Morgan fingerprint density at radius 2 is 1.71 bits per heavy atom. The summed E-state index contributed by atoms with van der Waals surface area (Å²) in [5.41, 5.74) is 2.19. The van der Waals surface area contributed by atoms with Gasteiger partial charge in [-0.2, -0.15) is 0 Å².